The van der Waals surface area contributed by atoms with Gasteiger partial charge in [0.15, 0.2) is 11.5 Å². The average Bonchev–Trinajstić information content (AvgIpc) is 2.52. The molecule has 0 aliphatic rings. The zero-order valence-corrected chi connectivity index (χ0v) is 12.5. The quantitative estimate of drug-likeness (QED) is 0.453. The monoisotopic (exact) mass is 282 g/mol. The Hall–Kier alpha value is -2.80. The summed E-state index contributed by atoms with van der Waals surface area (Å²) in [5, 5.41) is 9.27. The Morgan fingerprint density at radius 3 is 2.57 bits per heavy atom. The molecule has 108 valence electrons. The molecular weight excluding hydrogens is 264 g/mol. The van der Waals surface area contributed by atoms with Gasteiger partial charge in [0, 0.05) is 6.20 Å². The molecule has 0 bridgehead atoms. The normalized spacial score (nSPS) is 12.1. The van der Waals surface area contributed by atoms with Crippen molar-refractivity contribution < 1.29 is 9.47 Å². The van der Waals surface area contributed by atoms with E-state index in [-0.39, 0.29) is 0 Å². The molecule has 1 rings (SSSR count). The van der Waals surface area contributed by atoms with Crippen molar-refractivity contribution in [3.63, 3.8) is 0 Å². The van der Waals surface area contributed by atoms with Crippen molar-refractivity contribution in [1.29, 1.82) is 5.26 Å². The molecule has 0 saturated heterocycles. The second-order valence-electron chi connectivity index (χ2n) is 4.16. The molecule has 0 radical (unpaired) electrons. The van der Waals surface area contributed by atoms with E-state index in [2.05, 4.69) is 17.8 Å². The number of rotatable bonds is 6. The molecule has 0 atom stereocenters. The number of methoxy groups -OCH3 is 2. The second-order valence-corrected chi connectivity index (χ2v) is 4.16. The first-order chi connectivity index (χ1) is 10.2. The number of benzene rings is 1. The van der Waals surface area contributed by atoms with E-state index in [4.69, 9.17) is 9.47 Å². The third kappa shape index (κ3) is 4.66. The van der Waals surface area contributed by atoms with E-state index in [9.17, 15) is 5.26 Å². The van der Waals surface area contributed by atoms with Gasteiger partial charge in [-0.15, -0.1) is 0 Å². The van der Waals surface area contributed by atoms with Crippen LogP contribution in [0.2, 0.25) is 0 Å². The molecule has 1 aromatic rings. The largest absolute Gasteiger partial charge is 0.493 e. The van der Waals surface area contributed by atoms with Gasteiger partial charge >= 0.3 is 0 Å². The van der Waals surface area contributed by atoms with Crippen LogP contribution in [0, 0.1) is 11.3 Å². The molecular formula is C17H18N2O2. The molecule has 4 heteroatoms. The maximum absolute atomic E-state index is 9.27. The highest BCUT2D eigenvalue weighted by atomic mass is 16.5. The summed E-state index contributed by atoms with van der Waals surface area (Å²) >= 11 is 0. The second kappa shape index (κ2) is 8.39. The van der Waals surface area contributed by atoms with Gasteiger partial charge in [0.05, 0.1) is 25.9 Å². The van der Waals surface area contributed by atoms with Crippen LogP contribution < -0.4 is 9.47 Å². The molecule has 21 heavy (non-hydrogen) atoms. The summed E-state index contributed by atoms with van der Waals surface area (Å²) in [5.74, 6) is 1.28. The van der Waals surface area contributed by atoms with Crippen LogP contribution in [0.5, 0.6) is 11.5 Å². The molecule has 4 nitrogen and oxygen atoms in total. The summed E-state index contributed by atoms with van der Waals surface area (Å²) in [7, 11) is 3.16. The van der Waals surface area contributed by atoms with Gasteiger partial charge in [0.2, 0.25) is 0 Å². The minimum Gasteiger partial charge on any atom is -0.493 e. The molecule has 0 aliphatic carbocycles. The summed E-state index contributed by atoms with van der Waals surface area (Å²) in [6.45, 7) is 5.22. The molecule has 0 amide bonds. The summed E-state index contributed by atoms with van der Waals surface area (Å²) in [5.41, 5.74) is 2.27. The van der Waals surface area contributed by atoms with Crippen LogP contribution in [0.1, 0.15) is 12.5 Å². The van der Waals surface area contributed by atoms with E-state index in [1.807, 2.05) is 25.1 Å². The van der Waals surface area contributed by atoms with Gasteiger partial charge in [-0.3, -0.25) is 4.99 Å². The van der Waals surface area contributed by atoms with Crippen molar-refractivity contribution in [2.45, 2.75) is 6.92 Å². The van der Waals surface area contributed by atoms with Crippen molar-refractivity contribution in [3.8, 4) is 17.6 Å². The van der Waals surface area contributed by atoms with Gasteiger partial charge < -0.3 is 9.47 Å². The number of aliphatic imine (C=N–C) groups is 1. The van der Waals surface area contributed by atoms with Crippen LogP contribution >= 0.6 is 0 Å². The Labute approximate surface area is 125 Å². The third-order valence-electron chi connectivity index (χ3n) is 2.80. The molecule has 0 fully saturated rings. The lowest BCUT2D eigenvalue weighted by atomic mass is 10.0. The highest BCUT2D eigenvalue weighted by molar-refractivity contribution is 5.65. The molecule has 1 aromatic carbocycles. The van der Waals surface area contributed by atoms with Gasteiger partial charge in [-0.1, -0.05) is 12.1 Å². The molecule has 0 spiro atoms. The summed E-state index contributed by atoms with van der Waals surface area (Å²) in [6, 6.07) is 7.68. The van der Waals surface area contributed by atoms with E-state index in [1.54, 1.807) is 38.6 Å². The third-order valence-corrected chi connectivity index (χ3v) is 2.80. The van der Waals surface area contributed by atoms with Gasteiger partial charge in [0.1, 0.15) is 0 Å². The number of hydrogen-bond donors (Lipinski definition) is 0. The lowest BCUT2D eigenvalue weighted by molar-refractivity contribution is 0.355. The SMILES string of the molecule is C=NC=CC=C(C)C(C#N)=Cc1ccc(OC)c(OC)c1. The van der Waals surface area contributed by atoms with Gasteiger partial charge in [-0.25, -0.2) is 0 Å². The van der Waals surface area contributed by atoms with Gasteiger partial charge in [-0.05, 0) is 49.1 Å². The van der Waals surface area contributed by atoms with E-state index in [1.165, 1.54) is 0 Å². The molecule has 0 aromatic heterocycles. The van der Waals surface area contributed by atoms with Crippen molar-refractivity contribution in [3.05, 3.63) is 53.3 Å². The topological polar surface area (TPSA) is 54.6 Å². The Morgan fingerprint density at radius 2 is 2.00 bits per heavy atom. The smallest absolute Gasteiger partial charge is 0.161 e. The molecule has 0 unspecified atom stereocenters. The van der Waals surface area contributed by atoms with E-state index in [0.29, 0.717) is 17.1 Å². The number of nitrogens with zero attached hydrogens (tertiary/aromatic N) is 2. The lowest BCUT2D eigenvalue weighted by Gasteiger charge is -2.08. The summed E-state index contributed by atoms with van der Waals surface area (Å²) in [6.07, 6.45) is 6.91. The van der Waals surface area contributed by atoms with E-state index >= 15 is 0 Å². The average molecular weight is 282 g/mol. The van der Waals surface area contributed by atoms with Gasteiger partial charge in [-0.2, -0.15) is 5.26 Å². The van der Waals surface area contributed by atoms with Crippen LogP contribution in [0.15, 0.2) is 52.7 Å². The van der Waals surface area contributed by atoms with E-state index in [0.717, 1.165) is 11.1 Å². The molecule has 0 aliphatic heterocycles. The van der Waals surface area contributed by atoms with Crippen molar-refractivity contribution in [2.75, 3.05) is 14.2 Å². The van der Waals surface area contributed by atoms with Crippen LogP contribution in [0.25, 0.3) is 6.08 Å². The van der Waals surface area contributed by atoms with E-state index < -0.39 is 0 Å². The Bertz CT molecular complexity index is 635. The maximum atomic E-state index is 9.27. The maximum Gasteiger partial charge on any atom is 0.161 e. The highest BCUT2D eigenvalue weighted by Gasteiger charge is 2.05. The number of ether oxygens (including phenoxy) is 2. The predicted octanol–water partition coefficient (Wildman–Crippen LogP) is 3.77. The summed E-state index contributed by atoms with van der Waals surface area (Å²) < 4.78 is 10.4. The first-order valence-corrected chi connectivity index (χ1v) is 6.29. The fourth-order valence-electron chi connectivity index (χ4n) is 1.68. The zero-order valence-electron chi connectivity index (χ0n) is 12.5. The van der Waals surface area contributed by atoms with Crippen LogP contribution in [0.4, 0.5) is 0 Å². The Kier molecular flexibility index (Phi) is 6.49. The highest BCUT2D eigenvalue weighted by Crippen LogP contribution is 2.28. The van der Waals surface area contributed by atoms with Crippen LogP contribution in [-0.2, 0) is 0 Å². The summed E-state index contributed by atoms with van der Waals surface area (Å²) in [4.78, 5) is 3.61. The minimum absolute atomic E-state index is 0.566. The Balaban J connectivity index is 3.14. The minimum atomic E-state index is 0.566. The lowest BCUT2D eigenvalue weighted by Crippen LogP contribution is -1.91. The van der Waals surface area contributed by atoms with Crippen LogP contribution in [0.3, 0.4) is 0 Å². The first kappa shape index (κ1) is 16.3. The van der Waals surface area contributed by atoms with Crippen molar-refractivity contribution in [2.24, 2.45) is 4.99 Å². The standard InChI is InChI=1S/C17H18N2O2/c1-13(6-5-9-19-2)15(12-18)10-14-7-8-16(20-3)17(11-14)21-4/h5-11H,2H2,1,3-4H3. The van der Waals surface area contributed by atoms with Gasteiger partial charge in [0.25, 0.3) is 0 Å². The van der Waals surface area contributed by atoms with Crippen LogP contribution in [-0.4, -0.2) is 20.9 Å². The predicted molar refractivity (Wildman–Crippen MR) is 85.6 cm³/mol. The molecule has 0 saturated carbocycles. The zero-order chi connectivity index (χ0) is 15.7. The number of nitriles is 1. The molecule has 0 heterocycles. The number of allylic oxidation sites excluding steroid dienone is 4. The molecule has 0 N–H and O–H groups in total. The first-order valence-electron chi connectivity index (χ1n) is 6.29. The fraction of sp³-hybridized carbons (Fsp3) is 0.176. The number of hydrogen-bond acceptors (Lipinski definition) is 4. The fourth-order valence-corrected chi connectivity index (χ4v) is 1.68. The van der Waals surface area contributed by atoms with Crippen molar-refractivity contribution in [1.82, 2.24) is 0 Å². The Morgan fingerprint density at radius 1 is 1.29 bits per heavy atom. The van der Waals surface area contributed by atoms with Crippen molar-refractivity contribution >= 4 is 12.8 Å².